The Labute approximate surface area is 115 Å². The van der Waals surface area contributed by atoms with E-state index in [1.807, 2.05) is 0 Å². The molecular weight excluding hydrogens is 240 g/mol. The van der Waals surface area contributed by atoms with Gasteiger partial charge in [0.05, 0.1) is 19.8 Å². The largest absolute Gasteiger partial charge is 0.465 e. The van der Waals surface area contributed by atoms with Gasteiger partial charge in [-0.1, -0.05) is 0 Å². The Hall–Kier alpha value is -0.840. The second-order valence-electron chi connectivity index (χ2n) is 5.84. The summed E-state index contributed by atoms with van der Waals surface area (Å²) in [6, 6.07) is 3.44. The van der Waals surface area contributed by atoms with Crippen molar-refractivity contribution in [1.29, 1.82) is 0 Å². The molecule has 19 heavy (non-hydrogen) atoms. The van der Waals surface area contributed by atoms with E-state index >= 15 is 0 Å². The van der Waals surface area contributed by atoms with Gasteiger partial charge in [0.15, 0.2) is 0 Å². The van der Waals surface area contributed by atoms with Crippen LogP contribution < -0.4 is 5.32 Å². The van der Waals surface area contributed by atoms with Crippen molar-refractivity contribution in [1.82, 2.24) is 10.2 Å². The minimum absolute atomic E-state index is 0.479. The molecule has 1 aliphatic carbocycles. The van der Waals surface area contributed by atoms with Gasteiger partial charge in [-0.05, 0) is 32.8 Å². The standard InChI is InChI=1S/C15H24N2O2/c1-11-10-18-6-5-17(11)9-15-7-13(12(2)19-15)8-16-14-3-4-14/h7,11,14,16H,3-6,8-10H2,1-2H3. The van der Waals surface area contributed by atoms with E-state index < -0.39 is 0 Å². The zero-order chi connectivity index (χ0) is 13.2. The number of hydrogen-bond donors (Lipinski definition) is 1. The molecule has 4 nitrogen and oxygen atoms in total. The van der Waals surface area contributed by atoms with E-state index in [1.165, 1.54) is 18.4 Å². The molecule has 106 valence electrons. The molecule has 0 radical (unpaired) electrons. The third-order valence-electron chi connectivity index (χ3n) is 4.09. The molecule has 2 aliphatic rings. The lowest BCUT2D eigenvalue weighted by molar-refractivity contribution is -0.00717. The highest BCUT2D eigenvalue weighted by Gasteiger charge is 2.22. The Morgan fingerprint density at radius 3 is 3.00 bits per heavy atom. The topological polar surface area (TPSA) is 37.6 Å². The van der Waals surface area contributed by atoms with Crippen molar-refractivity contribution in [2.75, 3.05) is 19.8 Å². The number of ether oxygens (including phenoxy) is 1. The summed E-state index contributed by atoms with van der Waals surface area (Å²) in [5, 5.41) is 3.55. The molecule has 1 N–H and O–H groups in total. The number of nitrogens with one attached hydrogen (secondary N) is 1. The highest BCUT2D eigenvalue weighted by molar-refractivity contribution is 5.21. The van der Waals surface area contributed by atoms with Gasteiger partial charge < -0.3 is 14.5 Å². The summed E-state index contributed by atoms with van der Waals surface area (Å²) < 4.78 is 11.4. The molecule has 1 unspecified atom stereocenters. The minimum Gasteiger partial charge on any atom is -0.465 e. The quantitative estimate of drug-likeness (QED) is 0.883. The molecule has 0 amide bonds. The lowest BCUT2D eigenvalue weighted by atomic mass is 10.2. The molecule has 1 atom stereocenters. The first-order valence-corrected chi connectivity index (χ1v) is 7.36. The van der Waals surface area contributed by atoms with Crippen LogP contribution in [-0.4, -0.2) is 36.7 Å². The van der Waals surface area contributed by atoms with Crippen molar-refractivity contribution in [3.05, 3.63) is 23.2 Å². The lowest BCUT2D eigenvalue weighted by Crippen LogP contribution is -2.42. The smallest absolute Gasteiger partial charge is 0.118 e. The van der Waals surface area contributed by atoms with Crippen LogP contribution in [0.3, 0.4) is 0 Å². The monoisotopic (exact) mass is 264 g/mol. The number of rotatable bonds is 5. The maximum Gasteiger partial charge on any atom is 0.118 e. The molecule has 1 saturated carbocycles. The van der Waals surface area contributed by atoms with Crippen molar-refractivity contribution in [3.8, 4) is 0 Å². The fourth-order valence-corrected chi connectivity index (χ4v) is 2.58. The summed E-state index contributed by atoms with van der Waals surface area (Å²) in [4.78, 5) is 2.43. The second kappa shape index (κ2) is 5.65. The summed E-state index contributed by atoms with van der Waals surface area (Å²) in [7, 11) is 0. The van der Waals surface area contributed by atoms with Crippen LogP contribution in [0, 0.1) is 6.92 Å². The number of aryl methyl sites for hydroxylation is 1. The maximum absolute atomic E-state index is 5.90. The predicted octanol–water partition coefficient (Wildman–Crippen LogP) is 2.06. The van der Waals surface area contributed by atoms with Gasteiger partial charge in [-0.2, -0.15) is 0 Å². The Kier molecular flexibility index (Phi) is 3.91. The van der Waals surface area contributed by atoms with E-state index in [2.05, 4.69) is 30.1 Å². The van der Waals surface area contributed by atoms with Gasteiger partial charge in [-0.15, -0.1) is 0 Å². The van der Waals surface area contributed by atoms with Gasteiger partial charge in [0.25, 0.3) is 0 Å². The second-order valence-corrected chi connectivity index (χ2v) is 5.84. The Bertz CT molecular complexity index is 426. The van der Waals surface area contributed by atoms with Crippen LogP contribution >= 0.6 is 0 Å². The highest BCUT2D eigenvalue weighted by Crippen LogP contribution is 2.22. The molecule has 1 saturated heterocycles. The van der Waals surface area contributed by atoms with Crippen molar-refractivity contribution in [2.24, 2.45) is 0 Å². The van der Waals surface area contributed by atoms with E-state index in [9.17, 15) is 0 Å². The molecule has 3 rings (SSSR count). The predicted molar refractivity (Wildman–Crippen MR) is 74.0 cm³/mol. The fourth-order valence-electron chi connectivity index (χ4n) is 2.58. The van der Waals surface area contributed by atoms with E-state index in [0.29, 0.717) is 6.04 Å². The zero-order valence-corrected chi connectivity index (χ0v) is 11.9. The summed E-state index contributed by atoms with van der Waals surface area (Å²) in [5.74, 6) is 2.14. The van der Waals surface area contributed by atoms with Gasteiger partial charge >= 0.3 is 0 Å². The minimum atomic E-state index is 0.479. The van der Waals surface area contributed by atoms with Crippen LogP contribution in [0.25, 0.3) is 0 Å². The van der Waals surface area contributed by atoms with Crippen LogP contribution in [0.4, 0.5) is 0 Å². The first kappa shape index (κ1) is 13.2. The van der Waals surface area contributed by atoms with E-state index in [1.54, 1.807) is 0 Å². The molecule has 1 aromatic heterocycles. The highest BCUT2D eigenvalue weighted by atomic mass is 16.5. The van der Waals surface area contributed by atoms with Crippen LogP contribution in [0.15, 0.2) is 10.5 Å². The van der Waals surface area contributed by atoms with E-state index in [4.69, 9.17) is 9.15 Å². The summed E-state index contributed by atoms with van der Waals surface area (Å²) in [5.41, 5.74) is 1.31. The summed E-state index contributed by atoms with van der Waals surface area (Å²) in [6.45, 7) is 8.78. The maximum atomic E-state index is 5.90. The third-order valence-corrected chi connectivity index (χ3v) is 4.09. The Balaban J connectivity index is 1.58. The van der Waals surface area contributed by atoms with Gasteiger partial charge in [0.1, 0.15) is 11.5 Å². The molecule has 0 bridgehead atoms. The van der Waals surface area contributed by atoms with Crippen molar-refractivity contribution in [2.45, 2.75) is 51.9 Å². The molecule has 0 aromatic carbocycles. The molecule has 4 heteroatoms. The number of nitrogens with zero attached hydrogens (tertiary/aromatic N) is 1. The third kappa shape index (κ3) is 3.38. The van der Waals surface area contributed by atoms with Crippen LogP contribution in [0.2, 0.25) is 0 Å². The van der Waals surface area contributed by atoms with Gasteiger partial charge in [-0.3, -0.25) is 4.90 Å². The average molecular weight is 264 g/mol. The number of hydrogen-bond acceptors (Lipinski definition) is 4. The Morgan fingerprint density at radius 1 is 1.42 bits per heavy atom. The number of morpholine rings is 1. The first-order valence-electron chi connectivity index (χ1n) is 7.36. The fraction of sp³-hybridized carbons (Fsp3) is 0.733. The summed E-state index contributed by atoms with van der Waals surface area (Å²) >= 11 is 0. The molecule has 1 aromatic rings. The number of furan rings is 1. The van der Waals surface area contributed by atoms with E-state index in [0.717, 1.165) is 50.4 Å². The first-order chi connectivity index (χ1) is 9.22. The summed E-state index contributed by atoms with van der Waals surface area (Å²) in [6.07, 6.45) is 2.66. The molecule has 2 fully saturated rings. The van der Waals surface area contributed by atoms with Crippen LogP contribution in [0.1, 0.15) is 36.8 Å². The molecule has 2 heterocycles. The molecular formula is C15H24N2O2. The van der Waals surface area contributed by atoms with Gasteiger partial charge in [-0.25, -0.2) is 0 Å². The van der Waals surface area contributed by atoms with Gasteiger partial charge in [0.2, 0.25) is 0 Å². The Morgan fingerprint density at radius 2 is 2.26 bits per heavy atom. The lowest BCUT2D eigenvalue weighted by Gasteiger charge is -2.32. The SMILES string of the molecule is Cc1oc(CN2CCOCC2C)cc1CNC1CC1. The van der Waals surface area contributed by atoms with Crippen molar-refractivity contribution in [3.63, 3.8) is 0 Å². The molecule has 0 spiro atoms. The van der Waals surface area contributed by atoms with E-state index in [-0.39, 0.29) is 0 Å². The molecule has 1 aliphatic heterocycles. The van der Waals surface area contributed by atoms with Crippen molar-refractivity contribution < 1.29 is 9.15 Å². The van der Waals surface area contributed by atoms with Crippen LogP contribution in [0.5, 0.6) is 0 Å². The average Bonchev–Trinajstić information content (AvgIpc) is 3.15. The normalized spacial score (nSPS) is 24.8. The zero-order valence-electron chi connectivity index (χ0n) is 11.9. The van der Waals surface area contributed by atoms with Crippen molar-refractivity contribution >= 4 is 0 Å². The van der Waals surface area contributed by atoms with Gasteiger partial charge in [0, 0.05) is 30.7 Å². The van der Waals surface area contributed by atoms with Crippen LogP contribution in [-0.2, 0) is 17.8 Å².